The molecule has 0 bridgehead atoms. The van der Waals surface area contributed by atoms with E-state index in [9.17, 15) is 0 Å². The second kappa shape index (κ2) is 4.25. The van der Waals surface area contributed by atoms with E-state index < -0.39 is 0 Å². The minimum atomic E-state index is 0.778. The van der Waals surface area contributed by atoms with Crippen molar-refractivity contribution in [2.24, 2.45) is 3.42 Å². The van der Waals surface area contributed by atoms with Crippen LogP contribution in [0, 0.1) is 0 Å². The van der Waals surface area contributed by atoms with Crippen LogP contribution in [0.1, 0.15) is 0 Å². The van der Waals surface area contributed by atoms with Gasteiger partial charge in [0.1, 0.15) is 0 Å². The molecule has 0 heterocycles. The molecule has 0 aliphatic rings. The van der Waals surface area contributed by atoms with Crippen LogP contribution in [0.4, 0.5) is 0 Å². The molecule has 0 rings (SSSR count). The van der Waals surface area contributed by atoms with Crippen molar-refractivity contribution in [3.05, 3.63) is 12.7 Å². The van der Waals surface area contributed by atoms with Crippen LogP contribution < -0.4 is 0 Å². The van der Waals surface area contributed by atoms with Crippen LogP contribution in [0.5, 0.6) is 0 Å². The van der Waals surface area contributed by atoms with Crippen molar-refractivity contribution in [3.8, 4) is 0 Å². The molecule has 0 saturated heterocycles. The van der Waals surface area contributed by atoms with E-state index in [-0.39, 0.29) is 0 Å². The van der Waals surface area contributed by atoms with Crippen LogP contribution in [0.15, 0.2) is 16.1 Å². The van der Waals surface area contributed by atoms with E-state index in [4.69, 9.17) is 0 Å². The summed E-state index contributed by atoms with van der Waals surface area (Å²) < 4.78 is 3.74. The topological polar surface area (TPSA) is 12.4 Å². The monoisotopic (exact) mass is 103 g/mol. The van der Waals surface area contributed by atoms with Crippen molar-refractivity contribution in [1.29, 1.82) is 0 Å². The zero-order valence-corrected chi connectivity index (χ0v) is 4.50. The van der Waals surface area contributed by atoms with Crippen LogP contribution in [-0.2, 0) is 20.3 Å². The SMILES string of the molecule is C=CC[N]=[Ti+]. The van der Waals surface area contributed by atoms with Gasteiger partial charge in [-0.3, -0.25) is 0 Å². The molecule has 25 valence electrons. The fourth-order valence-corrected chi connectivity index (χ4v) is 0.266. The zero-order valence-electron chi connectivity index (χ0n) is 2.94. The Labute approximate surface area is 43.3 Å². The number of hydrogen-bond acceptors (Lipinski definition) is 1. The Morgan fingerprint density at radius 1 is 2.00 bits per heavy atom. The molecule has 0 aliphatic heterocycles. The summed E-state index contributed by atoms with van der Waals surface area (Å²) in [4.78, 5) is 0. The van der Waals surface area contributed by atoms with Crippen LogP contribution >= 0.6 is 0 Å². The molecule has 5 heavy (non-hydrogen) atoms. The number of hydrogen-bond donors (Lipinski definition) is 0. The Kier molecular flexibility index (Phi) is 4.47. The third-order valence-electron chi connectivity index (χ3n) is 0.220. The molecule has 0 amide bonds. The molecule has 0 spiro atoms. The van der Waals surface area contributed by atoms with Crippen molar-refractivity contribution >= 4 is 0 Å². The maximum atomic E-state index is 3.74. The van der Waals surface area contributed by atoms with E-state index in [1.165, 1.54) is 0 Å². The predicted molar refractivity (Wildman–Crippen MR) is 17.5 cm³/mol. The summed E-state index contributed by atoms with van der Waals surface area (Å²) in [6.07, 6.45) is 1.76. The Hall–Kier alpha value is 0.254. The van der Waals surface area contributed by atoms with Gasteiger partial charge >= 0.3 is 42.9 Å². The quantitative estimate of drug-likeness (QED) is 0.363. The molecule has 0 aromatic rings. The molecule has 0 aromatic carbocycles. The van der Waals surface area contributed by atoms with Crippen molar-refractivity contribution in [2.45, 2.75) is 0 Å². The number of rotatable bonds is 2. The van der Waals surface area contributed by atoms with Crippen molar-refractivity contribution in [2.75, 3.05) is 6.54 Å². The molecule has 0 radical (unpaired) electrons. The van der Waals surface area contributed by atoms with Crippen LogP contribution in [-0.4, -0.2) is 6.54 Å². The molecule has 1 nitrogen and oxygen atoms in total. The van der Waals surface area contributed by atoms with Crippen LogP contribution in [0.2, 0.25) is 0 Å². The molecule has 0 saturated carbocycles. The fourth-order valence-electron chi connectivity index (χ4n) is 0.0645. The summed E-state index contributed by atoms with van der Waals surface area (Å²) in [5, 5.41) is 0. The van der Waals surface area contributed by atoms with Gasteiger partial charge in [0.15, 0.2) is 0 Å². The van der Waals surface area contributed by atoms with E-state index in [0.29, 0.717) is 0 Å². The third kappa shape index (κ3) is 4.25. The Morgan fingerprint density at radius 2 is 2.60 bits per heavy atom. The average molecular weight is 103 g/mol. The minimum absolute atomic E-state index is 0.778. The van der Waals surface area contributed by atoms with Crippen molar-refractivity contribution in [1.82, 2.24) is 0 Å². The van der Waals surface area contributed by atoms with Crippen LogP contribution in [0.25, 0.3) is 0 Å². The molecular weight excluding hydrogens is 97.9 g/mol. The van der Waals surface area contributed by atoms with E-state index >= 15 is 0 Å². The fraction of sp³-hybridized carbons (Fsp3) is 0.333. The number of nitrogens with zero attached hydrogens (tertiary/aromatic N) is 1. The van der Waals surface area contributed by atoms with Gasteiger partial charge in [-0.25, -0.2) is 0 Å². The maximum absolute atomic E-state index is 3.74. The van der Waals surface area contributed by atoms with Gasteiger partial charge in [-0.05, 0) is 0 Å². The Balaban J connectivity index is 2.65. The molecule has 0 aromatic heterocycles. The summed E-state index contributed by atoms with van der Waals surface area (Å²) in [6.45, 7) is 4.23. The zero-order chi connectivity index (χ0) is 4.12. The second-order valence-corrected chi connectivity index (χ2v) is 1.12. The van der Waals surface area contributed by atoms with Gasteiger partial charge in [-0.1, -0.05) is 0 Å². The van der Waals surface area contributed by atoms with E-state index in [2.05, 4.69) is 10.00 Å². The van der Waals surface area contributed by atoms with E-state index in [0.717, 1.165) is 6.54 Å². The van der Waals surface area contributed by atoms with Gasteiger partial charge in [-0.15, -0.1) is 0 Å². The summed E-state index contributed by atoms with van der Waals surface area (Å²) in [5.41, 5.74) is 0. The molecule has 0 unspecified atom stereocenters. The summed E-state index contributed by atoms with van der Waals surface area (Å²) in [7, 11) is 0. The van der Waals surface area contributed by atoms with E-state index in [1.54, 1.807) is 26.3 Å². The standard InChI is InChI=1S/C3H5N.Ti/c1-2-3-4;/h2H,1,3H2;/q;+1. The van der Waals surface area contributed by atoms with E-state index in [1.807, 2.05) is 0 Å². The Morgan fingerprint density at radius 3 is 2.60 bits per heavy atom. The summed E-state index contributed by atoms with van der Waals surface area (Å²) in [5.74, 6) is 0. The summed E-state index contributed by atoms with van der Waals surface area (Å²) in [6, 6.07) is 0. The first kappa shape index (κ1) is 5.25. The van der Waals surface area contributed by atoms with Gasteiger partial charge in [0.25, 0.3) is 0 Å². The first-order valence-electron chi connectivity index (χ1n) is 1.36. The predicted octanol–water partition coefficient (Wildman–Crippen LogP) is 0.903. The van der Waals surface area contributed by atoms with Gasteiger partial charge in [0.2, 0.25) is 0 Å². The summed E-state index contributed by atoms with van der Waals surface area (Å²) >= 11 is 1.77. The first-order chi connectivity index (χ1) is 2.41. The van der Waals surface area contributed by atoms with Gasteiger partial charge in [0.05, 0.1) is 0 Å². The first-order valence-corrected chi connectivity index (χ1v) is 2.05. The molecule has 0 atom stereocenters. The molecular formula is C3H5NTi+. The normalized spacial score (nSPS) is 6.80. The van der Waals surface area contributed by atoms with Crippen LogP contribution in [0.3, 0.4) is 0 Å². The molecule has 0 aliphatic carbocycles. The van der Waals surface area contributed by atoms with Crippen molar-refractivity contribution < 1.29 is 20.3 Å². The van der Waals surface area contributed by atoms with Gasteiger partial charge in [0, 0.05) is 0 Å². The molecule has 0 fully saturated rings. The molecule has 0 N–H and O–H groups in total. The average Bonchev–Trinajstić information content (AvgIpc) is 1.41. The van der Waals surface area contributed by atoms with Gasteiger partial charge in [-0.2, -0.15) is 0 Å². The van der Waals surface area contributed by atoms with Gasteiger partial charge < -0.3 is 0 Å². The van der Waals surface area contributed by atoms with Crippen molar-refractivity contribution in [3.63, 3.8) is 0 Å². The third-order valence-corrected chi connectivity index (χ3v) is 0.505. The molecule has 2 heteroatoms. The second-order valence-electron chi connectivity index (χ2n) is 0.629. The Bertz CT molecular complexity index is 36.2.